The number of fused-ring (bicyclic) bond motifs is 2. The quantitative estimate of drug-likeness (QED) is 0.239. The number of carboxylic acid groups (broad SMARTS) is 1. The summed E-state index contributed by atoms with van der Waals surface area (Å²) in [5.74, 6) is -3.26. The topological polar surface area (TPSA) is 124 Å². The van der Waals surface area contributed by atoms with E-state index in [-0.39, 0.29) is 0 Å². The predicted octanol–water partition coefficient (Wildman–Crippen LogP) is 5.09. The van der Waals surface area contributed by atoms with Crippen molar-refractivity contribution in [1.29, 1.82) is 0 Å². The number of hydrogen-bond donors (Lipinski definition) is 3. The first-order valence-electron chi connectivity index (χ1n) is 12.7. The Hall–Kier alpha value is -5.24. The molecule has 0 saturated carbocycles. The van der Waals surface area contributed by atoms with Gasteiger partial charge in [-0.05, 0) is 47.5 Å². The number of aromatic amines is 1. The Morgan fingerprint density at radius 3 is 2.23 bits per heavy atom. The van der Waals surface area contributed by atoms with E-state index in [0.717, 1.165) is 22.2 Å². The smallest absolute Gasteiger partial charge is 0.475 e. The third kappa shape index (κ3) is 5.77. The molecule has 3 aromatic heterocycles. The number of alkyl halides is 3. The molecule has 6 rings (SSSR count). The first-order valence-corrected chi connectivity index (χ1v) is 12.7. The highest BCUT2D eigenvalue weighted by Crippen LogP contribution is 2.33. The molecule has 3 aromatic carbocycles. The van der Waals surface area contributed by atoms with E-state index < -0.39 is 29.5 Å². The van der Waals surface area contributed by atoms with Crippen molar-refractivity contribution in [1.82, 2.24) is 23.9 Å². The van der Waals surface area contributed by atoms with Gasteiger partial charge in [-0.1, -0.05) is 24.3 Å². The van der Waals surface area contributed by atoms with Crippen LogP contribution in [0.5, 0.6) is 0 Å². The molecule has 0 atom stereocenters. The summed E-state index contributed by atoms with van der Waals surface area (Å²) < 4.78 is 65.5. The molecule has 0 unspecified atom stereocenters. The van der Waals surface area contributed by atoms with E-state index in [1.165, 1.54) is 28.8 Å². The molecule has 14 heteroatoms. The van der Waals surface area contributed by atoms with E-state index in [0.29, 0.717) is 40.9 Å². The SMILES string of the molecule is Cn1cc(-c2n[nH]c(=O)n2-c2cn(Cc3cccc(CN)c3)c3ccc(F)cc23)c2cc(F)ccc21.O=C(O)C(F)(F)F. The Morgan fingerprint density at radius 2 is 1.58 bits per heavy atom. The lowest BCUT2D eigenvalue weighted by Crippen LogP contribution is -2.21. The zero-order valence-electron chi connectivity index (χ0n) is 22.4. The summed E-state index contributed by atoms with van der Waals surface area (Å²) >= 11 is 0. The molecular weight excluding hydrogens is 575 g/mol. The monoisotopic (exact) mass is 598 g/mol. The number of hydrogen-bond acceptors (Lipinski definition) is 4. The van der Waals surface area contributed by atoms with E-state index in [1.54, 1.807) is 18.3 Å². The summed E-state index contributed by atoms with van der Waals surface area (Å²) in [5, 5.41) is 15.1. The summed E-state index contributed by atoms with van der Waals surface area (Å²) in [4.78, 5) is 21.9. The number of aromatic nitrogens is 5. The largest absolute Gasteiger partial charge is 0.490 e. The van der Waals surface area contributed by atoms with Crippen LogP contribution in [0.25, 0.3) is 38.9 Å². The van der Waals surface area contributed by atoms with E-state index >= 15 is 0 Å². The van der Waals surface area contributed by atoms with Crippen LogP contribution in [0.15, 0.2) is 77.9 Å². The maximum Gasteiger partial charge on any atom is 0.490 e. The zero-order chi connectivity index (χ0) is 31.1. The van der Waals surface area contributed by atoms with Crippen molar-refractivity contribution in [2.75, 3.05) is 0 Å². The van der Waals surface area contributed by atoms with E-state index in [9.17, 15) is 26.7 Å². The van der Waals surface area contributed by atoms with Crippen LogP contribution >= 0.6 is 0 Å². The fraction of sp³-hybridized carbons (Fsp3) is 0.138. The normalized spacial score (nSPS) is 11.6. The molecule has 0 saturated heterocycles. The van der Waals surface area contributed by atoms with Crippen molar-refractivity contribution < 1.29 is 31.9 Å². The van der Waals surface area contributed by atoms with E-state index in [2.05, 4.69) is 10.2 Å². The number of carbonyl (C=O) groups is 1. The van der Waals surface area contributed by atoms with Crippen molar-refractivity contribution in [3.63, 3.8) is 0 Å². The Morgan fingerprint density at radius 1 is 0.953 bits per heavy atom. The van der Waals surface area contributed by atoms with Gasteiger partial charge in [0.25, 0.3) is 0 Å². The highest BCUT2D eigenvalue weighted by molar-refractivity contribution is 5.96. The molecule has 43 heavy (non-hydrogen) atoms. The lowest BCUT2D eigenvalue weighted by molar-refractivity contribution is -0.192. The van der Waals surface area contributed by atoms with Crippen LogP contribution in [-0.4, -0.2) is 41.2 Å². The van der Waals surface area contributed by atoms with Crippen molar-refractivity contribution in [2.45, 2.75) is 19.3 Å². The molecule has 0 aliphatic rings. The summed E-state index contributed by atoms with van der Waals surface area (Å²) in [7, 11) is 1.84. The van der Waals surface area contributed by atoms with Crippen LogP contribution in [0, 0.1) is 11.6 Å². The average molecular weight is 599 g/mol. The fourth-order valence-electron chi connectivity index (χ4n) is 4.85. The Labute approximate surface area is 239 Å². The van der Waals surface area contributed by atoms with Gasteiger partial charge >= 0.3 is 17.8 Å². The first-order chi connectivity index (χ1) is 20.4. The Kier molecular flexibility index (Phi) is 7.63. The first kappa shape index (κ1) is 29.3. The van der Waals surface area contributed by atoms with Gasteiger partial charge in [-0.15, -0.1) is 0 Å². The molecular formula is C29H23F5N6O3. The standard InChI is InChI=1S/C27H22F2N6O.C2HF3O2/c1-33-14-22(20-10-18(28)5-7-23(20)33)26-31-32-27(36)35(26)25-15-34(24-8-6-19(29)11-21(24)25)13-17-4-2-3-16(9-17)12-30;3-2(4,5)1(6)7/h2-11,14-15H,12-13,30H2,1H3,(H,32,36);(H,6,7). The number of aryl methyl sites for hydroxylation is 1. The molecule has 6 aromatic rings. The number of halogens is 5. The van der Waals surface area contributed by atoms with Crippen LogP contribution in [0.2, 0.25) is 0 Å². The number of nitrogens with one attached hydrogen (secondary N) is 1. The molecule has 0 fully saturated rings. The van der Waals surface area contributed by atoms with Gasteiger partial charge in [0.15, 0.2) is 5.82 Å². The van der Waals surface area contributed by atoms with Gasteiger partial charge in [0.05, 0.1) is 11.2 Å². The van der Waals surface area contributed by atoms with Crippen LogP contribution in [0.4, 0.5) is 22.0 Å². The number of aliphatic carboxylic acids is 1. The second kappa shape index (κ2) is 11.2. The van der Waals surface area contributed by atoms with Crippen molar-refractivity contribution in [2.24, 2.45) is 12.8 Å². The maximum absolute atomic E-state index is 14.4. The van der Waals surface area contributed by atoms with Crippen LogP contribution < -0.4 is 11.4 Å². The molecule has 9 nitrogen and oxygen atoms in total. The lowest BCUT2D eigenvalue weighted by atomic mass is 10.1. The predicted molar refractivity (Wildman–Crippen MR) is 149 cm³/mol. The lowest BCUT2D eigenvalue weighted by Gasteiger charge is -2.07. The van der Waals surface area contributed by atoms with Gasteiger partial charge < -0.3 is 20.0 Å². The summed E-state index contributed by atoms with van der Waals surface area (Å²) in [6.45, 7) is 0.924. The minimum atomic E-state index is -5.08. The molecule has 0 aliphatic heterocycles. The third-order valence-corrected chi connectivity index (χ3v) is 6.75. The number of rotatable bonds is 5. The van der Waals surface area contributed by atoms with E-state index in [1.807, 2.05) is 46.6 Å². The van der Waals surface area contributed by atoms with Gasteiger partial charge in [-0.3, -0.25) is 0 Å². The number of nitrogens with two attached hydrogens (primary N) is 1. The van der Waals surface area contributed by atoms with Crippen molar-refractivity contribution >= 4 is 27.8 Å². The molecule has 0 amide bonds. The van der Waals surface area contributed by atoms with Gasteiger partial charge in [-0.2, -0.15) is 18.3 Å². The fourth-order valence-corrected chi connectivity index (χ4v) is 4.85. The number of carboxylic acids is 1. The number of nitrogens with zero attached hydrogens (tertiary/aromatic N) is 4. The zero-order valence-corrected chi connectivity index (χ0v) is 22.4. The Balaban J connectivity index is 0.000000472. The van der Waals surface area contributed by atoms with Gasteiger partial charge in [0.2, 0.25) is 0 Å². The van der Waals surface area contributed by atoms with Crippen LogP contribution in [0.3, 0.4) is 0 Å². The molecule has 0 spiro atoms. The second-order valence-corrected chi connectivity index (χ2v) is 9.63. The van der Waals surface area contributed by atoms with Gasteiger partial charge in [0, 0.05) is 54.4 Å². The van der Waals surface area contributed by atoms with Gasteiger partial charge in [0.1, 0.15) is 11.6 Å². The third-order valence-electron chi connectivity index (χ3n) is 6.75. The van der Waals surface area contributed by atoms with Crippen LogP contribution in [-0.2, 0) is 24.9 Å². The molecule has 3 heterocycles. The summed E-state index contributed by atoms with van der Waals surface area (Å²) in [6, 6.07) is 16.9. The van der Waals surface area contributed by atoms with E-state index in [4.69, 9.17) is 15.6 Å². The highest BCUT2D eigenvalue weighted by Gasteiger charge is 2.38. The minimum Gasteiger partial charge on any atom is -0.475 e. The summed E-state index contributed by atoms with van der Waals surface area (Å²) in [6.07, 6.45) is -1.47. The molecule has 0 aliphatic carbocycles. The van der Waals surface area contributed by atoms with Crippen molar-refractivity contribution in [3.05, 3.63) is 106 Å². The second-order valence-electron chi connectivity index (χ2n) is 9.63. The van der Waals surface area contributed by atoms with Crippen LogP contribution in [0.1, 0.15) is 11.1 Å². The molecule has 0 bridgehead atoms. The highest BCUT2D eigenvalue weighted by atomic mass is 19.4. The molecule has 0 radical (unpaired) electrons. The molecule has 4 N–H and O–H groups in total. The average Bonchev–Trinajstić information content (AvgIpc) is 3.60. The number of benzene rings is 3. The Bertz CT molecular complexity index is 2040. The summed E-state index contributed by atoms with van der Waals surface area (Å²) in [5.41, 5.74) is 9.96. The van der Waals surface area contributed by atoms with Crippen molar-refractivity contribution in [3.8, 4) is 17.1 Å². The number of H-pyrrole nitrogens is 1. The van der Waals surface area contributed by atoms with Gasteiger partial charge in [-0.25, -0.2) is 28.0 Å². The minimum absolute atomic E-state index is 0.310. The molecule has 222 valence electrons. The maximum atomic E-state index is 14.4.